The van der Waals surface area contributed by atoms with Gasteiger partial charge < -0.3 is 20.5 Å². The summed E-state index contributed by atoms with van der Waals surface area (Å²) in [6.45, 7) is 5.25. The van der Waals surface area contributed by atoms with E-state index in [2.05, 4.69) is 22.3 Å². The number of ether oxygens (including phenoxy) is 2. The van der Waals surface area contributed by atoms with Crippen molar-refractivity contribution in [1.82, 2.24) is 10.2 Å². The molecule has 2 aromatic rings. The van der Waals surface area contributed by atoms with Crippen LogP contribution in [0.3, 0.4) is 0 Å². The van der Waals surface area contributed by atoms with Gasteiger partial charge in [0.1, 0.15) is 13.2 Å². The summed E-state index contributed by atoms with van der Waals surface area (Å²) in [7, 11) is 0. The van der Waals surface area contributed by atoms with Gasteiger partial charge in [-0.05, 0) is 36.6 Å². The molecule has 4 rings (SSSR count). The molecule has 2 aliphatic heterocycles. The van der Waals surface area contributed by atoms with Crippen molar-refractivity contribution in [2.75, 3.05) is 32.8 Å². The molecule has 162 valence electrons. The highest BCUT2D eigenvalue weighted by Crippen LogP contribution is 2.31. The number of hydrogen-bond donors (Lipinski definition) is 2. The SMILES string of the molecule is CC(C(=O)NCCc1ccc2c(c1)OCCO2)N1C[C@@H](N)[C@H](c2ccccc2)C1.Cl. The van der Waals surface area contributed by atoms with Crippen LogP contribution in [0.15, 0.2) is 48.5 Å². The number of rotatable bonds is 6. The smallest absolute Gasteiger partial charge is 0.237 e. The molecule has 0 saturated carbocycles. The van der Waals surface area contributed by atoms with E-state index in [0.717, 1.165) is 36.6 Å². The molecular formula is C23H30ClN3O3. The molecule has 1 amide bonds. The predicted molar refractivity (Wildman–Crippen MR) is 120 cm³/mol. The quantitative estimate of drug-likeness (QED) is 0.734. The summed E-state index contributed by atoms with van der Waals surface area (Å²) in [5, 5.41) is 3.06. The van der Waals surface area contributed by atoms with Crippen LogP contribution in [-0.4, -0.2) is 55.7 Å². The summed E-state index contributed by atoms with van der Waals surface area (Å²) < 4.78 is 11.2. The van der Waals surface area contributed by atoms with Gasteiger partial charge in [0.05, 0.1) is 6.04 Å². The van der Waals surface area contributed by atoms with E-state index in [1.54, 1.807) is 0 Å². The second-order valence-electron chi connectivity index (χ2n) is 7.83. The number of likely N-dealkylation sites (tertiary alicyclic amines) is 1. The Balaban J connectivity index is 0.00000256. The van der Waals surface area contributed by atoms with Crippen LogP contribution in [0.25, 0.3) is 0 Å². The molecule has 7 heteroatoms. The topological polar surface area (TPSA) is 76.8 Å². The van der Waals surface area contributed by atoms with Gasteiger partial charge in [0.25, 0.3) is 0 Å². The minimum absolute atomic E-state index is 0. The van der Waals surface area contributed by atoms with Gasteiger partial charge in [0.2, 0.25) is 5.91 Å². The zero-order chi connectivity index (χ0) is 20.2. The van der Waals surface area contributed by atoms with E-state index in [4.69, 9.17) is 15.2 Å². The number of amides is 1. The summed E-state index contributed by atoms with van der Waals surface area (Å²) in [4.78, 5) is 14.8. The van der Waals surface area contributed by atoms with Crippen molar-refractivity contribution in [1.29, 1.82) is 0 Å². The normalized spacial score (nSPS) is 21.5. The third kappa shape index (κ3) is 5.06. The first-order valence-corrected chi connectivity index (χ1v) is 10.3. The van der Waals surface area contributed by atoms with Gasteiger partial charge in [0.15, 0.2) is 11.5 Å². The van der Waals surface area contributed by atoms with Gasteiger partial charge in [-0.3, -0.25) is 9.69 Å². The Kier molecular flexibility index (Phi) is 7.58. The summed E-state index contributed by atoms with van der Waals surface area (Å²) in [6.07, 6.45) is 0.751. The van der Waals surface area contributed by atoms with E-state index < -0.39 is 0 Å². The van der Waals surface area contributed by atoms with Crippen LogP contribution < -0.4 is 20.5 Å². The predicted octanol–water partition coefficient (Wildman–Crippen LogP) is 2.35. The highest BCUT2D eigenvalue weighted by molar-refractivity contribution is 5.85. The fourth-order valence-electron chi connectivity index (χ4n) is 4.12. The van der Waals surface area contributed by atoms with E-state index in [0.29, 0.717) is 19.8 Å². The van der Waals surface area contributed by atoms with Gasteiger partial charge in [-0.25, -0.2) is 0 Å². The molecule has 30 heavy (non-hydrogen) atoms. The molecule has 2 heterocycles. The van der Waals surface area contributed by atoms with Crippen LogP contribution in [0.4, 0.5) is 0 Å². The van der Waals surface area contributed by atoms with Crippen LogP contribution in [0.5, 0.6) is 11.5 Å². The van der Waals surface area contributed by atoms with Gasteiger partial charge in [0, 0.05) is 31.6 Å². The standard InChI is InChI=1S/C23H29N3O3.ClH/c1-16(26-14-19(20(24)15-26)18-5-3-2-4-6-18)23(27)25-10-9-17-7-8-21-22(13-17)29-12-11-28-21;/h2-8,13,16,19-20H,9-12,14-15,24H2,1H3,(H,25,27);1H/t16?,19-,20+;/m0./s1. The van der Waals surface area contributed by atoms with Gasteiger partial charge in [-0.1, -0.05) is 36.4 Å². The fourth-order valence-corrected chi connectivity index (χ4v) is 4.12. The monoisotopic (exact) mass is 431 g/mol. The summed E-state index contributed by atoms with van der Waals surface area (Å²) in [5.74, 6) is 1.88. The van der Waals surface area contributed by atoms with E-state index in [1.165, 1.54) is 5.56 Å². The van der Waals surface area contributed by atoms with Crippen LogP contribution in [0, 0.1) is 0 Å². The molecule has 0 aliphatic carbocycles. The molecule has 1 saturated heterocycles. The van der Waals surface area contributed by atoms with E-state index in [9.17, 15) is 4.79 Å². The second kappa shape index (κ2) is 10.2. The van der Waals surface area contributed by atoms with Gasteiger partial charge in [-0.15, -0.1) is 12.4 Å². The Hall–Kier alpha value is -2.28. The first-order valence-electron chi connectivity index (χ1n) is 10.3. The van der Waals surface area contributed by atoms with Crippen LogP contribution >= 0.6 is 12.4 Å². The molecule has 0 aromatic heterocycles. The Morgan fingerprint density at radius 1 is 1.13 bits per heavy atom. The average Bonchev–Trinajstić information content (AvgIpc) is 3.15. The number of carbonyl (C=O) groups excluding carboxylic acids is 1. The molecule has 2 aromatic carbocycles. The maximum atomic E-state index is 12.7. The fraction of sp³-hybridized carbons (Fsp3) is 0.435. The molecule has 0 spiro atoms. The number of nitrogens with zero attached hydrogens (tertiary/aromatic N) is 1. The zero-order valence-corrected chi connectivity index (χ0v) is 18.1. The zero-order valence-electron chi connectivity index (χ0n) is 17.3. The highest BCUT2D eigenvalue weighted by Gasteiger charge is 2.35. The summed E-state index contributed by atoms with van der Waals surface area (Å²) in [5.41, 5.74) is 8.74. The Morgan fingerprint density at radius 3 is 2.63 bits per heavy atom. The molecule has 1 fully saturated rings. The van der Waals surface area contributed by atoms with Crippen LogP contribution in [0.2, 0.25) is 0 Å². The number of nitrogens with two attached hydrogens (primary N) is 1. The summed E-state index contributed by atoms with van der Waals surface area (Å²) in [6, 6.07) is 16.1. The van der Waals surface area contributed by atoms with Crippen molar-refractivity contribution < 1.29 is 14.3 Å². The van der Waals surface area contributed by atoms with E-state index >= 15 is 0 Å². The summed E-state index contributed by atoms with van der Waals surface area (Å²) >= 11 is 0. The second-order valence-corrected chi connectivity index (χ2v) is 7.83. The van der Waals surface area contributed by atoms with Crippen molar-refractivity contribution in [2.24, 2.45) is 5.73 Å². The van der Waals surface area contributed by atoms with Gasteiger partial charge >= 0.3 is 0 Å². The maximum Gasteiger partial charge on any atom is 0.237 e. The number of carbonyl (C=O) groups is 1. The van der Waals surface area contributed by atoms with Gasteiger partial charge in [-0.2, -0.15) is 0 Å². The molecule has 3 atom stereocenters. The van der Waals surface area contributed by atoms with Crippen molar-refractivity contribution >= 4 is 18.3 Å². The van der Waals surface area contributed by atoms with Crippen LogP contribution in [0.1, 0.15) is 24.0 Å². The van der Waals surface area contributed by atoms with Crippen molar-refractivity contribution in [3.63, 3.8) is 0 Å². The molecule has 6 nitrogen and oxygen atoms in total. The highest BCUT2D eigenvalue weighted by atomic mass is 35.5. The third-order valence-corrected chi connectivity index (χ3v) is 5.87. The lowest BCUT2D eigenvalue weighted by Gasteiger charge is -2.23. The van der Waals surface area contributed by atoms with Crippen molar-refractivity contribution in [3.8, 4) is 11.5 Å². The van der Waals surface area contributed by atoms with Crippen molar-refractivity contribution in [3.05, 3.63) is 59.7 Å². The lowest BCUT2D eigenvalue weighted by molar-refractivity contribution is -0.125. The molecule has 0 bridgehead atoms. The first kappa shape index (κ1) is 22.4. The molecule has 3 N–H and O–H groups in total. The molecular weight excluding hydrogens is 402 g/mol. The minimum Gasteiger partial charge on any atom is -0.486 e. The molecule has 2 aliphatic rings. The molecule has 0 radical (unpaired) electrons. The largest absolute Gasteiger partial charge is 0.486 e. The number of nitrogens with one attached hydrogen (secondary N) is 1. The number of benzene rings is 2. The van der Waals surface area contributed by atoms with Crippen LogP contribution in [-0.2, 0) is 11.2 Å². The minimum atomic E-state index is -0.199. The average molecular weight is 432 g/mol. The van der Waals surface area contributed by atoms with E-state index in [-0.39, 0.29) is 36.3 Å². The molecule has 1 unspecified atom stereocenters. The Bertz CT molecular complexity index is 849. The van der Waals surface area contributed by atoms with Crippen molar-refractivity contribution in [2.45, 2.75) is 31.3 Å². The van der Waals surface area contributed by atoms with E-state index in [1.807, 2.05) is 43.3 Å². The lowest BCUT2D eigenvalue weighted by Crippen LogP contribution is -2.45. The number of fused-ring (bicyclic) bond motifs is 1. The first-order chi connectivity index (χ1) is 14.1. The maximum absolute atomic E-state index is 12.7. The number of halogens is 1. The Morgan fingerprint density at radius 2 is 1.87 bits per heavy atom. The third-order valence-electron chi connectivity index (χ3n) is 5.87. The lowest BCUT2D eigenvalue weighted by atomic mass is 9.95. The number of hydrogen-bond acceptors (Lipinski definition) is 5. The Labute approximate surface area is 184 Å².